The van der Waals surface area contributed by atoms with Crippen LogP contribution in [-0.2, 0) is 14.8 Å². The molecule has 28 heavy (non-hydrogen) atoms. The van der Waals surface area contributed by atoms with Crippen LogP contribution >= 0.6 is 0 Å². The molecule has 2 rings (SSSR count). The predicted molar refractivity (Wildman–Crippen MR) is 109 cm³/mol. The van der Waals surface area contributed by atoms with Crippen molar-refractivity contribution in [3.63, 3.8) is 0 Å². The van der Waals surface area contributed by atoms with Crippen molar-refractivity contribution in [3.8, 4) is 11.5 Å². The number of anilines is 1. The van der Waals surface area contributed by atoms with Gasteiger partial charge in [0.15, 0.2) is 0 Å². The van der Waals surface area contributed by atoms with E-state index in [0.29, 0.717) is 11.5 Å². The zero-order valence-corrected chi connectivity index (χ0v) is 17.0. The topological polar surface area (TPSA) is 97.3 Å². The van der Waals surface area contributed by atoms with Gasteiger partial charge in [-0.2, -0.15) is 5.10 Å². The van der Waals surface area contributed by atoms with E-state index in [1.165, 1.54) is 26.5 Å². The van der Waals surface area contributed by atoms with Crippen LogP contribution in [0.5, 0.6) is 11.5 Å². The molecule has 0 heterocycles. The van der Waals surface area contributed by atoms with Crippen LogP contribution in [0.1, 0.15) is 11.1 Å². The number of amides is 1. The third kappa shape index (κ3) is 5.71. The van der Waals surface area contributed by atoms with E-state index in [4.69, 9.17) is 9.47 Å². The molecular weight excluding hydrogens is 382 g/mol. The van der Waals surface area contributed by atoms with Crippen LogP contribution in [0.3, 0.4) is 0 Å². The van der Waals surface area contributed by atoms with Gasteiger partial charge in [-0.15, -0.1) is 0 Å². The summed E-state index contributed by atoms with van der Waals surface area (Å²) in [6.45, 7) is 1.48. The van der Waals surface area contributed by atoms with Crippen LogP contribution in [0, 0.1) is 6.92 Å². The minimum absolute atomic E-state index is 0.196. The van der Waals surface area contributed by atoms with Crippen LogP contribution in [0.2, 0.25) is 0 Å². The van der Waals surface area contributed by atoms with Gasteiger partial charge in [0.25, 0.3) is 5.91 Å². The van der Waals surface area contributed by atoms with Crippen molar-refractivity contribution in [2.75, 3.05) is 31.3 Å². The molecule has 1 N–H and O–H groups in total. The number of hydrazone groups is 1. The average molecular weight is 405 g/mol. The Morgan fingerprint density at radius 1 is 1.18 bits per heavy atom. The van der Waals surface area contributed by atoms with E-state index in [-0.39, 0.29) is 5.69 Å². The normalized spacial score (nSPS) is 11.3. The molecule has 8 nitrogen and oxygen atoms in total. The number of ether oxygens (including phenoxy) is 2. The monoisotopic (exact) mass is 405 g/mol. The molecular formula is C19H23N3O5S. The van der Waals surface area contributed by atoms with Crippen LogP contribution in [0.4, 0.5) is 5.69 Å². The molecule has 0 radical (unpaired) electrons. The van der Waals surface area contributed by atoms with Gasteiger partial charge in [-0.1, -0.05) is 29.8 Å². The van der Waals surface area contributed by atoms with E-state index in [9.17, 15) is 13.2 Å². The third-order valence-electron chi connectivity index (χ3n) is 3.79. The van der Waals surface area contributed by atoms with Gasteiger partial charge in [-0.05, 0) is 24.6 Å². The van der Waals surface area contributed by atoms with Gasteiger partial charge in [0.1, 0.15) is 18.0 Å². The van der Waals surface area contributed by atoms with Crippen molar-refractivity contribution in [1.29, 1.82) is 0 Å². The smallest absolute Gasteiger partial charge is 0.260 e. The second-order valence-corrected chi connectivity index (χ2v) is 7.92. The molecule has 2 aromatic rings. The van der Waals surface area contributed by atoms with Crippen LogP contribution < -0.4 is 19.2 Å². The predicted octanol–water partition coefficient (Wildman–Crippen LogP) is 1.93. The minimum atomic E-state index is -3.77. The molecule has 1 amide bonds. The number of rotatable bonds is 8. The molecule has 9 heteroatoms. The van der Waals surface area contributed by atoms with Gasteiger partial charge in [-0.25, -0.2) is 13.8 Å². The molecule has 0 aliphatic rings. The van der Waals surface area contributed by atoms with Crippen molar-refractivity contribution in [1.82, 2.24) is 5.43 Å². The Morgan fingerprint density at radius 2 is 1.93 bits per heavy atom. The molecule has 0 aromatic heterocycles. The van der Waals surface area contributed by atoms with Crippen molar-refractivity contribution >= 4 is 27.8 Å². The second kappa shape index (κ2) is 9.23. The van der Waals surface area contributed by atoms with E-state index in [1.54, 1.807) is 12.1 Å². The molecule has 0 fully saturated rings. The van der Waals surface area contributed by atoms with E-state index in [1.807, 2.05) is 31.2 Å². The van der Waals surface area contributed by atoms with Crippen LogP contribution in [-0.4, -0.2) is 47.6 Å². The quantitative estimate of drug-likeness (QED) is 0.535. The second-order valence-electron chi connectivity index (χ2n) is 6.01. The van der Waals surface area contributed by atoms with Crippen molar-refractivity contribution in [3.05, 3.63) is 53.6 Å². The standard InChI is InChI=1S/C19H23N3O5S/c1-14-6-5-7-15(10-14)12-20-21-19(23)13-22(28(4,24)25)17-11-16(26-2)8-9-18(17)27-3/h5-12H,13H2,1-4H3,(H,21,23)/b20-12-. The van der Waals surface area contributed by atoms with Gasteiger partial charge in [-0.3, -0.25) is 9.10 Å². The lowest BCUT2D eigenvalue weighted by Crippen LogP contribution is -2.39. The highest BCUT2D eigenvalue weighted by Crippen LogP contribution is 2.33. The highest BCUT2D eigenvalue weighted by molar-refractivity contribution is 7.92. The fourth-order valence-electron chi connectivity index (χ4n) is 2.47. The zero-order valence-electron chi connectivity index (χ0n) is 16.2. The molecule has 0 aliphatic heterocycles. The molecule has 0 unspecified atom stereocenters. The van der Waals surface area contributed by atoms with Crippen LogP contribution in [0.25, 0.3) is 0 Å². The average Bonchev–Trinajstić information content (AvgIpc) is 2.64. The molecule has 2 aromatic carbocycles. The lowest BCUT2D eigenvalue weighted by atomic mass is 10.2. The molecule has 0 saturated carbocycles. The number of benzene rings is 2. The molecule has 0 saturated heterocycles. The van der Waals surface area contributed by atoms with E-state index in [2.05, 4.69) is 10.5 Å². The first-order valence-electron chi connectivity index (χ1n) is 8.33. The summed E-state index contributed by atoms with van der Waals surface area (Å²) in [5, 5.41) is 3.89. The number of hydrogen-bond donors (Lipinski definition) is 1. The third-order valence-corrected chi connectivity index (χ3v) is 4.91. The summed E-state index contributed by atoms with van der Waals surface area (Å²) >= 11 is 0. The maximum atomic E-state index is 12.3. The largest absolute Gasteiger partial charge is 0.497 e. The van der Waals surface area contributed by atoms with Crippen molar-refractivity contribution in [2.45, 2.75) is 6.92 Å². The first-order chi connectivity index (χ1) is 13.2. The lowest BCUT2D eigenvalue weighted by Gasteiger charge is -2.23. The maximum absolute atomic E-state index is 12.3. The fourth-order valence-corrected chi connectivity index (χ4v) is 3.32. The molecule has 0 spiro atoms. The maximum Gasteiger partial charge on any atom is 0.260 e. The Kier molecular flexibility index (Phi) is 7.00. The highest BCUT2D eigenvalue weighted by Gasteiger charge is 2.24. The Morgan fingerprint density at radius 3 is 2.54 bits per heavy atom. The SMILES string of the molecule is COc1ccc(OC)c(N(CC(=O)N/N=C\c2cccc(C)c2)S(C)(=O)=O)c1. The number of carbonyl (C=O) groups excluding carboxylic acids is 1. The summed E-state index contributed by atoms with van der Waals surface area (Å²) in [5.74, 6) is 0.129. The Bertz CT molecular complexity index is 973. The van der Waals surface area contributed by atoms with E-state index < -0.39 is 22.5 Å². The first kappa shape index (κ1) is 21.2. The number of methoxy groups -OCH3 is 2. The Hall–Kier alpha value is -3.07. The zero-order chi connectivity index (χ0) is 20.7. The molecule has 0 bridgehead atoms. The number of nitrogens with zero attached hydrogens (tertiary/aromatic N) is 2. The number of hydrogen-bond acceptors (Lipinski definition) is 6. The van der Waals surface area contributed by atoms with Crippen molar-refractivity contribution < 1.29 is 22.7 Å². The van der Waals surface area contributed by atoms with E-state index in [0.717, 1.165) is 21.7 Å². The number of aryl methyl sites for hydroxylation is 1. The summed E-state index contributed by atoms with van der Waals surface area (Å²) in [5.41, 5.74) is 4.41. The highest BCUT2D eigenvalue weighted by atomic mass is 32.2. The summed E-state index contributed by atoms with van der Waals surface area (Å²) < 4.78 is 35.9. The Labute approximate surface area is 164 Å². The van der Waals surface area contributed by atoms with Crippen LogP contribution in [0.15, 0.2) is 47.6 Å². The van der Waals surface area contributed by atoms with Gasteiger partial charge < -0.3 is 9.47 Å². The van der Waals surface area contributed by atoms with E-state index >= 15 is 0 Å². The van der Waals surface area contributed by atoms with Gasteiger partial charge in [0, 0.05) is 6.07 Å². The van der Waals surface area contributed by atoms with Gasteiger partial charge >= 0.3 is 0 Å². The fraction of sp³-hybridized carbons (Fsp3) is 0.263. The lowest BCUT2D eigenvalue weighted by molar-refractivity contribution is -0.119. The number of carbonyl (C=O) groups is 1. The van der Waals surface area contributed by atoms with Gasteiger partial charge in [0.2, 0.25) is 10.0 Å². The molecule has 0 aliphatic carbocycles. The van der Waals surface area contributed by atoms with Gasteiger partial charge in [0.05, 0.1) is 32.4 Å². The summed E-state index contributed by atoms with van der Waals surface area (Å²) in [6.07, 6.45) is 2.50. The molecule has 150 valence electrons. The van der Waals surface area contributed by atoms with Crippen molar-refractivity contribution in [2.24, 2.45) is 5.10 Å². The summed E-state index contributed by atoms with van der Waals surface area (Å²) in [6, 6.07) is 12.3. The minimum Gasteiger partial charge on any atom is -0.497 e. The summed E-state index contributed by atoms with van der Waals surface area (Å²) in [7, 11) is -0.892. The summed E-state index contributed by atoms with van der Waals surface area (Å²) in [4.78, 5) is 12.3. The Balaban J connectivity index is 2.20. The first-order valence-corrected chi connectivity index (χ1v) is 10.2. The number of nitrogens with one attached hydrogen (secondary N) is 1. The number of sulfonamides is 1. The molecule has 0 atom stereocenters.